The third kappa shape index (κ3) is 3.94. The molecule has 2 nitrogen and oxygen atoms in total. The number of benzene rings is 1. The van der Waals surface area contributed by atoms with Gasteiger partial charge < -0.3 is 0 Å². The van der Waals surface area contributed by atoms with Crippen molar-refractivity contribution >= 4 is 11.6 Å². The first-order chi connectivity index (χ1) is 9.63. The van der Waals surface area contributed by atoms with Gasteiger partial charge >= 0.3 is 0 Å². The van der Waals surface area contributed by atoms with Gasteiger partial charge in [0.15, 0.2) is 0 Å². The van der Waals surface area contributed by atoms with Crippen LogP contribution in [0.15, 0.2) is 18.2 Å². The molecule has 0 saturated heterocycles. The molecule has 112 valence electrons. The van der Waals surface area contributed by atoms with Crippen molar-refractivity contribution in [3.8, 4) is 0 Å². The first-order valence-electron chi connectivity index (χ1n) is 7.54. The Morgan fingerprint density at radius 2 is 2.05 bits per heavy atom. The van der Waals surface area contributed by atoms with Crippen molar-refractivity contribution in [2.45, 2.75) is 51.5 Å². The lowest BCUT2D eigenvalue weighted by Crippen LogP contribution is -2.43. The number of hydrazine groups is 1. The van der Waals surface area contributed by atoms with Gasteiger partial charge in [-0.2, -0.15) is 0 Å². The van der Waals surface area contributed by atoms with Crippen molar-refractivity contribution in [1.82, 2.24) is 5.43 Å². The smallest absolute Gasteiger partial charge is 0.124 e. The molecule has 20 heavy (non-hydrogen) atoms. The Morgan fingerprint density at radius 1 is 1.35 bits per heavy atom. The minimum absolute atomic E-state index is 0.218. The van der Waals surface area contributed by atoms with E-state index in [0.717, 1.165) is 17.9 Å². The Labute approximate surface area is 125 Å². The fourth-order valence-corrected chi connectivity index (χ4v) is 3.53. The molecular weight excluding hydrogens is 275 g/mol. The fraction of sp³-hybridized carbons (Fsp3) is 0.625. The monoisotopic (exact) mass is 298 g/mol. The van der Waals surface area contributed by atoms with Gasteiger partial charge in [0, 0.05) is 11.1 Å². The maximum absolute atomic E-state index is 13.1. The van der Waals surface area contributed by atoms with E-state index in [1.54, 1.807) is 6.07 Å². The summed E-state index contributed by atoms with van der Waals surface area (Å²) < 4.78 is 13.1. The quantitative estimate of drug-likeness (QED) is 0.635. The van der Waals surface area contributed by atoms with Crippen LogP contribution in [0.4, 0.5) is 4.39 Å². The molecule has 1 aliphatic carbocycles. The molecule has 0 heterocycles. The molecule has 1 fully saturated rings. The number of hydrogen-bond donors (Lipinski definition) is 2. The predicted molar refractivity (Wildman–Crippen MR) is 82.0 cm³/mol. The fourth-order valence-electron chi connectivity index (χ4n) is 3.28. The van der Waals surface area contributed by atoms with Crippen molar-refractivity contribution in [2.24, 2.45) is 17.7 Å². The molecule has 1 saturated carbocycles. The van der Waals surface area contributed by atoms with Gasteiger partial charge in [-0.05, 0) is 48.8 Å². The van der Waals surface area contributed by atoms with E-state index < -0.39 is 0 Å². The summed E-state index contributed by atoms with van der Waals surface area (Å²) in [5.74, 6) is 6.90. The molecule has 1 aromatic carbocycles. The van der Waals surface area contributed by atoms with Gasteiger partial charge in [-0.25, -0.2) is 4.39 Å². The van der Waals surface area contributed by atoms with Crippen LogP contribution in [-0.2, 0) is 6.42 Å². The molecule has 3 N–H and O–H groups in total. The SMILES string of the molecule is CCC1CCC(C(Cc2ccc(F)cc2Cl)NN)CC1. The van der Waals surface area contributed by atoms with Crippen LogP contribution in [0.3, 0.4) is 0 Å². The molecule has 2 rings (SSSR count). The van der Waals surface area contributed by atoms with Gasteiger partial charge in [0.2, 0.25) is 0 Å². The Bertz CT molecular complexity index is 430. The van der Waals surface area contributed by atoms with E-state index in [9.17, 15) is 4.39 Å². The molecule has 1 unspecified atom stereocenters. The van der Waals surface area contributed by atoms with Crippen LogP contribution in [-0.4, -0.2) is 6.04 Å². The summed E-state index contributed by atoms with van der Waals surface area (Å²) in [5.41, 5.74) is 3.91. The zero-order valence-electron chi connectivity index (χ0n) is 12.0. The summed E-state index contributed by atoms with van der Waals surface area (Å²) in [6.45, 7) is 2.27. The van der Waals surface area contributed by atoms with Crippen molar-refractivity contribution in [3.63, 3.8) is 0 Å². The van der Waals surface area contributed by atoms with E-state index in [2.05, 4.69) is 12.3 Å². The lowest BCUT2D eigenvalue weighted by molar-refractivity contribution is 0.217. The lowest BCUT2D eigenvalue weighted by Gasteiger charge is -2.33. The predicted octanol–water partition coefficient (Wildman–Crippen LogP) is 4.07. The van der Waals surface area contributed by atoms with Crippen molar-refractivity contribution in [2.75, 3.05) is 0 Å². The molecule has 0 radical (unpaired) electrons. The standard InChI is InChI=1S/C16H24ClFN2/c1-2-11-3-5-12(6-4-11)16(20-19)9-13-7-8-14(18)10-15(13)17/h7-8,10-12,16,20H,2-6,9,19H2,1H3. The summed E-state index contributed by atoms with van der Waals surface area (Å²) in [7, 11) is 0. The molecule has 0 bridgehead atoms. The maximum atomic E-state index is 13.1. The second-order valence-corrected chi connectivity index (χ2v) is 6.31. The molecule has 0 amide bonds. The second-order valence-electron chi connectivity index (χ2n) is 5.90. The summed E-state index contributed by atoms with van der Waals surface area (Å²) in [4.78, 5) is 0. The van der Waals surface area contributed by atoms with Crippen LogP contribution in [0, 0.1) is 17.7 Å². The highest BCUT2D eigenvalue weighted by Gasteiger charge is 2.26. The zero-order valence-corrected chi connectivity index (χ0v) is 12.8. The number of hydrogen-bond acceptors (Lipinski definition) is 2. The molecular formula is C16H24ClFN2. The van der Waals surface area contributed by atoms with Gasteiger partial charge in [-0.1, -0.05) is 43.9 Å². The molecule has 1 aliphatic rings. The maximum Gasteiger partial charge on any atom is 0.124 e. The van der Waals surface area contributed by atoms with Crippen molar-refractivity contribution in [3.05, 3.63) is 34.6 Å². The van der Waals surface area contributed by atoms with Gasteiger partial charge in [-0.3, -0.25) is 11.3 Å². The molecule has 0 aromatic heterocycles. The lowest BCUT2D eigenvalue weighted by atomic mass is 9.76. The van der Waals surface area contributed by atoms with E-state index in [-0.39, 0.29) is 11.9 Å². The van der Waals surface area contributed by atoms with E-state index in [1.165, 1.54) is 44.2 Å². The molecule has 0 spiro atoms. The van der Waals surface area contributed by atoms with Crippen molar-refractivity contribution < 1.29 is 4.39 Å². The van der Waals surface area contributed by atoms with Crippen molar-refractivity contribution in [1.29, 1.82) is 0 Å². The van der Waals surface area contributed by atoms with Gasteiger partial charge in [0.25, 0.3) is 0 Å². The number of nitrogens with one attached hydrogen (secondary N) is 1. The summed E-state index contributed by atoms with van der Waals surface area (Å²) in [6.07, 6.45) is 7.04. The first-order valence-corrected chi connectivity index (χ1v) is 7.91. The normalized spacial score (nSPS) is 24.6. The highest BCUT2D eigenvalue weighted by Crippen LogP contribution is 2.33. The van der Waals surface area contributed by atoms with Crippen LogP contribution in [0.1, 0.15) is 44.6 Å². The summed E-state index contributed by atoms with van der Waals surface area (Å²) in [5, 5.41) is 0.493. The number of nitrogens with two attached hydrogens (primary N) is 1. The van der Waals surface area contributed by atoms with Crippen LogP contribution < -0.4 is 11.3 Å². The van der Waals surface area contributed by atoms with Gasteiger partial charge in [-0.15, -0.1) is 0 Å². The van der Waals surface area contributed by atoms with Gasteiger partial charge in [0.1, 0.15) is 5.82 Å². The second kappa shape index (κ2) is 7.39. The number of halogens is 2. The first kappa shape index (κ1) is 15.7. The van der Waals surface area contributed by atoms with Crippen LogP contribution in [0.5, 0.6) is 0 Å². The van der Waals surface area contributed by atoms with Crippen LogP contribution in [0.25, 0.3) is 0 Å². The van der Waals surface area contributed by atoms with E-state index >= 15 is 0 Å². The topological polar surface area (TPSA) is 38.0 Å². The minimum atomic E-state index is -0.292. The Hall–Kier alpha value is -0.640. The zero-order chi connectivity index (χ0) is 14.5. The highest BCUT2D eigenvalue weighted by molar-refractivity contribution is 6.31. The summed E-state index contributed by atoms with van der Waals surface area (Å²) in [6, 6.07) is 4.82. The van der Waals surface area contributed by atoms with E-state index in [0.29, 0.717) is 10.9 Å². The third-order valence-electron chi connectivity index (χ3n) is 4.71. The number of rotatable bonds is 5. The van der Waals surface area contributed by atoms with E-state index in [4.69, 9.17) is 17.4 Å². The largest absolute Gasteiger partial charge is 0.271 e. The molecule has 4 heteroatoms. The summed E-state index contributed by atoms with van der Waals surface area (Å²) >= 11 is 6.11. The van der Waals surface area contributed by atoms with Gasteiger partial charge in [0.05, 0.1) is 0 Å². The Balaban J connectivity index is 1.98. The van der Waals surface area contributed by atoms with Crippen LogP contribution in [0.2, 0.25) is 5.02 Å². The molecule has 1 aromatic rings. The third-order valence-corrected chi connectivity index (χ3v) is 5.06. The average molecular weight is 299 g/mol. The van der Waals surface area contributed by atoms with Crippen LogP contribution >= 0.6 is 11.6 Å². The highest BCUT2D eigenvalue weighted by atomic mass is 35.5. The Morgan fingerprint density at radius 3 is 2.60 bits per heavy atom. The Kier molecular flexibility index (Phi) is 5.82. The van der Waals surface area contributed by atoms with E-state index in [1.807, 2.05) is 0 Å². The minimum Gasteiger partial charge on any atom is -0.271 e. The molecule has 0 aliphatic heterocycles. The average Bonchev–Trinajstić information content (AvgIpc) is 2.47. The molecule has 1 atom stereocenters.